The van der Waals surface area contributed by atoms with Crippen molar-refractivity contribution in [3.63, 3.8) is 0 Å². The number of hydrogen-bond acceptors (Lipinski definition) is 3. The predicted molar refractivity (Wildman–Crippen MR) is 117 cm³/mol. The fraction of sp³-hybridized carbons (Fsp3) is 0.280. The van der Waals surface area contributed by atoms with E-state index in [0.29, 0.717) is 23.2 Å². The molecule has 7 heteroatoms. The lowest BCUT2D eigenvalue weighted by Crippen LogP contribution is -2.46. The van der Waals surface area contributed by atoms with Crippen molar-refractivity contribution < 1.29 is 23.1 Å². The van der Waals surface area contributed by atoms with Gasteiger partial charge in [-0.05, 0) is 74.2 Å². The van der Waals surface area contributed by atoms with Crippen LogP contribution in [0, 0.1) is 13.8 Å². The lowest BCUT2D eigenvalue weighted by molar-refractivity contribution is -0.137. The SMILES string of the molecule is Cc1ccc(N(CCc2ccc(C(F)(F)F)cc2)C(=O)[C@](C)(O)c2cccnc2)cc1C. The Morgan fingerprint density at radius 2 is 1.69 bits per heavy atom. The van der Waals surface area contributed by atoms with E-state index in [2.05, 4.69) is 4.98 Å². The van der Waals surface area contributed by atoms with Crippen molar-refractivity contribution in [2.45, 2.75) is 39.0 Å². The topological polar surface area (TPSA) is 53.4 Å². The number of aryl methyl sites for hydroxylation is 2. The average Bonchev–Trinajstić information content (AvgIpc) is 2.76. The van der Waals surface area contributed by atoms with Gasteiger partial charge in [0.2, 0.25) is 0 Å². The molecule has 0 radical (unpaired) electrons. The molecule has 0 unspecified atom stereocenters. The van der Waals surface area contributed by atoms with Crippen molar-refractivity contribution in [2.75, 3.05) is 11.4 Å². The minimum Gasteiger partial charge on any atom is -0.375 e. The summed E-state index contributed by atoms with van der Waals surface area (Å²) in [5, 5.41) is 11.1. The molecule has 0 bridgehead atoms. The Kier molecular flexibility index (Phi) is 6.69. The molecule has 4 nitrogen and oxygen atoms in total. The zero-order valence-electron chi connectivity index (χ0n) is 18.1. The van der Waals surface area contributed by atoms with Crippen molar-refractivity contribution in [1.82, 2.24) is 4.98 Å². The first kappa shape index (κ1) is 23.5. The van der Waals surface area contributed by atoms with Crippen molar-refractivity contribution in [2.24, 2.45) is 0 Å². The third-order valence-corrected chi connectivity index (χ3v) is 5.59. The second-order valence-corrected chi connectivity index (χ2v) is 7.98. The van der Waals surface area contributed by atoms with E-state index in [0.717, 1.165) is 23.3 Å². The van der Waals surface area contributed by atoms with E-state index in [1.807, 2.05) is 26.0 Å². The van der Waals surface area contributed by atoms with Gasteiger partial charge in [0.1, 0.15) is 0 Å². The fourth-order valence-corrected chi connectivity index (χ4v) is 3.38. The van der Waals surface area contributed by atoms with Crippen molar-refractivity contribution >= 4 is 11.6 Å². The monoisotopic (exact) mass is 442 g/mol. The molecule has 0 aliphatic carbocycles. The van der Waals surface area contributed by atoms with Gasteiger partial charge in [-0.3, -0.25) is 9.78 Å². The lowest BCUT2D eigenvalue weighted by atomic mass is 9.95. The number of alkyl halides is 3. The third-order valence-electron chi connectivity index (χ3n) is 5.59. The maximum absolute atomic E-state index is 13.5. The van der Waals surface area contributed by atoms with Crippen molar-refractivity contribution in [3.8, 4) is 0 Å². The minimum atomic E-state index is -4.40. The maximum Gasteiger partial charge on any atom is 0.416 e. The Labute approximate surface area is 185 Å². The second kappa shape index (κ2) is 9.12. The summed E-state index contributed by atoms with van der Waals surface area (Å²) in [7, 11) is 0. The number of benzene rings is 2. The maximum atomic E-state index is 13.5. The molecule has 0 spiro atoms. The number of carbonyl (C=O) groups is 1. The van der Waals surface area contributed by atoms with Gasteiger partial charge in [0.25, 0.3) is 5.91 Å². The number of carbonyl (C=O) groups excluding carboxylic acids is 1. The standard InChI is InChI=1S/C25H25F3N2O2/c1-17-6-11-22(15-18(17)2)30(23(31)24(3,32)21-5-4-13-29-16-21)14-12-19-7-9-20(10-8-19)25(26,27)28/h4-11,13,15-16,32H,12,14H2,1-3H3/t24-/m1/s1. The second-order valence-electron chi connectivity index (χ2n) is 7.98. The first-order valence-electron chi connectivity index (χ1n) is 10.2. The van der Waals surface area contributed by atoms with Crippen LogP contribution in [0.15, 0.2) is 67.0 Å². The molecule has 1 atom stereocenters. The summed E-state index contributed by atoms with van der Waals surface area (Å²) in [6, 6.07) is 13.7. The fourth-order valence-electron chi connectivity index (χ4n) is 3.38. The highest BCUT2D eigenvalue weighted by Crippen LogP contribution is 2.30. The molecule has 0 aliphatic heterocycles. The van der Waals surface area contributed by atoms with E-state index in [9.17, 15) is 23.1 Å². The first-order valence-corrected chi connectivity index (χ1v) is 10.2. The third kappa shape index (κ3) is 5.16. The molecule has 3 aromatic rings. The molecule has 0 saturated heterocycles. The number of halogens is 3. The Balaban J connectivity index is 1.90. The van der Waals surface area contributed by atoms with Crippen LogP contribution in [-0.2, 0) is 23.0 Å². The number of aromatic nitrogens is 1. The van der Waals surface area contributed by atoms with Gasteiger partial charge >= 0.3 is 6.18 Å². The molecule has 32 heavy (non-hydrogen) atoms. The highest BCUT2D eigenvalue weighted by molar-refractivity contribution is 5.99. The summed E-state index contributed by atoms with van der Waals surface area (Å²) < 4.78 is 38.5. The summed E-state index contributed by atoms with van der Waals surface area (Å²) in [6.45, 7) is 5.48. The quantitative estimate of drug-likeness (QED) is 0.571. The van der Waals surface area contributed by atoms with Crippen LogP contribution in [0.1, 0.15) is 34.7 Å². The Bertz CT molecular complexity index is 1080. The molecule has 0 aliphatic rings. The summed E-state index contributed by atoms with van der Waals surface area (Å²) in [4.78, 5) is 18.9. The van der Waals surface area contributed by atoms with E-state index in [1.165, 1.54) is 30.2 Å². The van der Waals surface area contributed by atoms with E-state index in [-0.39, 0.29) is 6.54 Å². The number of hydrogen-bond donors (Lipinski definition) is 1. The van der Waals surface area contributed by atoms with Crippen LogP contribution >= 0.6 is 0 Å². The molecule has 1 heterocycles. The van der Waals surface area contributed by atoms with Gasteiger partial charge < -0.3 is 10.0 Å². The molecule has 0 saturated carbocycles. The van der Waals surface area contributed by atoms with E-state index >= 15 is 0 Å². The van der Waals surface area contributed by atoms with Crippen LogP contribution in [0.4, 0.5) is 18.9 Å². The van der Waals surface area contributed by atoms with Crippen LogP contribution in [0.2, 0.25) is 0 Å². The number of amides is 1. The number of rotatable bonds is 6. The van der Waals surface area contributed by atoms with Crippen LogP contribution in [0.3, 0.4) is 0 Å². The van der Waals surface area contributed by atoms with E-state index < -0.39 is 23.2 Å². The highest BCUT2D eigenvalue weighted by Gasteiger charge is 2.37. The van der Waals surface area contributed by atoms with Gasteiger partial charge in [0, 0.05) is 30.2 Å². The number of pyridine rings is 1. The van der Waals surface area contributed by atoms with Crippen LogP contribution in [0.25, 0.3) is 0 Å². The van der Waals surface area contributed by atoms with E-state index in [4.69, 9.17) is 0 Å². The number of aliphatic hydroxyl groups is 1. The number of nitrogens with zero attached hydrogens (tertiary/aromatic N) is 2. The van der Waals surface area contributed by atoms with Crippen molar-refractivity contribution in [3.05, 3.63) is 94.8 Å². The zero-order valence-corrected chi connectivity index (χ0v) is 18.1. The first-order chi connectivity index (χ1) is 15.0. The van der Waals surface area contributed by atoms with Crippen LogP contribution in [0.5, 0.6) is 0 Å². The number of anilines is 1. The molecule has 3 rings (SSSR count). The van der Waals surface area contributed by atoms with Crippen molar-refractivity contribution in [1.29, 1.82) is 0 Å². The van der Waals surface area contributed by atoms with Gasteiger partial charge in [-0.2, -0.15) is 13.2 Å². The molecule has 1 aromatic heterocycles. The van der Waals surface area contributed by atoms with E-state index in [1.54, 1.807) is 24.4 Å². The smallest absolute Gasteiger partial charge is 0.375 e. The summed E-state index contributed by atoms with van der Waals surface area (Å²) in [5.74, 6) is -0.541. The minimum absolute atomic E-state index is 0.184. The molecular formula is C25H25F3N2O2. The Morgan fingerprint density at radius 1 is 1.00 bits per heavy atom. The molecule has 1 N–H and O–H groups in total. The zero-order chi connectivity index (χ0) is 23.5. The molecule has 2 aromatic carbocycles. The molecular weight excluding hydrogens is 417 g/mol. The molecule has 0 fully saturated rings. The summed E-state index contributed by atoms with van der Waals surface area (Å²) >= 11 is 0. The van der Waals surface area contributed by atoms with Gasteiger partial charge in [-0.25, -0.2) is 0 Å². The van der Waals surface area contributed by atoms with Crippen LogP contribution in [-0.4, -0.2) is 22.5 Å². The average molecular weight is 442 g/mol. The summed E-state index contributed by atoms with van der Waals surface area (Å²) in [5.41, 5.74) is 1.11. The Morgan fingerprint density at radius 3 is 2.25 bits per heavy atom. The molecule has 168 valence electrons. The van der Waals surface area contributed by atoms with Crippen LogP contribution < -0.4 is 4.90 Å². The van der Waals surface area contributed by atoms with Gasteiger partial charge in [0.15, 0.2) is 5.60 Å². The normalized spacial score (nSPS) is 13.5. The highest BCUT2D eigenvalue weighted by atomic mass is 19.4. The van der Waals surface area contributed by atoms with Gasteiger partial charge in [-0.1, -0.05) is 24.3 Å². The summed E-state index contributed by atoms with van der Waals surface area (Å²) in [6.07, 6.45) is -1.09. The lowest BCUT2D eigenvalue weighted by Gasteiger charge is -2.31. The molecule has 1 amide bonds. The van der Waals surface area contributed by atoms with Gasteiger partial charge in [0.05, 0.1) is 5.56 Å². The Hall–Kier alpha value is -3.19. The largest absolute Gasteiger partial charge is 0.416 e. The van der Waals surface area contributed by atoms with Gasteiger partial charge in [-0.15, -0.1) is 0 Å². The predicted octanol–water partition coefficient (Wildman–Crippen LogP) is 5.20.